The zero-order chi connectivity index (χ0) is 26.9. The maximum atomic E-state index is 10.0. The van der Waals surface area contributed by atoms with Crippen molar-refractivity contribution < 1.29 is 43.4 Å². The molecule has 0 fully saturated rings. The van der Waals surface area contributed by atoms with Crippen LogP contribution >= 0.6 is 0 Å². The number of hydrogen-bond acceptors (Lipinski definition) is 9. The Hall–Kier alpha value is -0.360. The van der Waals surface area contributed by atoms with E-state index in [9.17, 15) is 5.11 Å². The van der Waals surface area contributed by atoms with Crippen LogP contribution in [-0.4, -0.2) is 115 Å². The minimum atomic E-state index is -0.376. The number of hydrogen-bond donors (Lipinski definition) is 2. The Balaban J connectivity index is 3.11. The highest BCUT2D eigenvalue weighted by molar-refractivity contribution is 4.55. The van der Waals surface area contributed by atoms with Crippen LogP contribution in [0.3, 0.4) is 0 Å². The van der Waals surface area contributed by atoms with Gasteiger partial charge < -0.3 is 43.4 Å². The van der Waals surface area contributed by atoms with Crippen molar-refractivity contribution in [1.29, 1.82) is 0 Å². The Kier molecular flexibility index (Phi) is 33.3. The van der Waals surface area contributed by atoms with E-state index in [0.29, 0.717) is 92.5 Å². The number of aliphatic hydroxyl groups excluding tert-OH is 2. The van der Waals surface area contributed by atoms with E-state index in [1.54, 1.807) is 0 Å². The molecule has 9 heteroatoms. The molecular formula is C28H58O9. The normalized spacial score (nSPS) is 12.4. The SMILES string of the molecule is CCCCCCCCCCCCC(O)COCCOCCOCCOCCOCCOCCOCCO. The van der Waals surface area contributed by atoms with Gasteiger partial charge in [-0.3, -0.25) is 0 Å². The average molecular weight is 539 g/mol. The van der Waals surface area contributed by atoms with Gasteiger partial charge >= 0.3 is 0 Å². The van der Waals surface area contributed by atoms with E-state index in [1.807, 2.05) is 0 Å². The van der Waals surface area contributed by atoms with Crippen LogP contribution in [0.25, 0.3) is 0 Å². The van der Waals surface area contributed by atoms with Crippen molar-refractivity contribution in [2.24, 2.45) is 0 Å². The van der Waals surface area contributed by atoms with E-state index in [4.69, 9.17) is 38.3 Å². The van der Waals surface area contributed by atoms with Crippen molar-refractivity contribution >= 4 is 0 Å². The third-order valence-electron chi connectivity index (χ3n) is 5.67. The van der Waals surface area contributed by atoms with Crippen molar-refractivity contribution in [3.8, 4) is 0 Å². The van der Waals surface area contributed by atoms with Crippen molar-refractivity contribution in [1.82, 2.24) is 0 Å². The smallest absolute Gasteiger partial charge is 0.0773 e. The van der Waals surface area contributed by atoms with Crippen LogP contribution in [0.1, 0.15) is 77.6 Å². The first-order chi connectivity index (χ1) is 18.3. The predicted molar refractivity (Wildman–Crippen MR) is 145 cm³/mol. The summed E-state index contributed by atoms with van der Waals surface area (Å²) in [6.45, 7) is 9.09. The van der Waals surface area contributed by atoms with Crippen molar-refractivity contribution in [3.63, 3.8) is 0 Å². The molecule has 0 rings (SSSR count). The summed E-state index contributed by atoms with van der Waals surface area (Å²) in [5, 5.41) is 18.6. The van der Waals surface area contributed by atoms with Crippen molar-refractivity contribution in [2.45, 2.75) is 83.7 Å². The molecule has 0 radical (unpaired) electrons. The molecule has 224 valence electrons. The minimum absolute atomic E-state index is 0.0311. The first kappa shape index (κ1) is 36.6. The van der Waals surface area contributed by atoms with Crippen LogP contribution in [0, 0.1) is 0 Å². The van der Waals surface area contributed by atoms with E-state index < -0.39 is 0 Å². The molecule has 1 atom stereocenters. The summed E-state index contributed by atoms with van der Waals surface area (Å²) in [7, 11) is 0. The molecule has 0 saturated heterocycles. The second-order valence-electron chi connectivity index (χ2n) is 9.10. The quantitative estimate of drug-likeness (QED) is 0.121. The van der Waals surface area contributed by atoms with Crippen LogP contribution < -0.4 is 0 Å². The highest BCUT2D eigenvalue weighted by Crippen LogP contribution is 2.12. The summed E-state index contributed by atoms with van der Waals surface area (Å²) in [6, 6.07) is 0. The average Bonchev–Trinajstić information content (AvgIpc) is 2.90. The van der Waals surface area contributed by atoms with Gasteiger partial charge in [0.05, 0.1) is 105 Å². The molecule has 0 aromatic heterocycles. The summed E-state index contributed by atoms with van der Waals surface area (Å²) < 4.78 is 37.7. The first-order valence-corrected chi connectivity index (χ1v) is 14.6. The number of rotatable bonds is 33. The third-order valence-corrected chi connectivity index (χ3v) is 5.67. The van der Waals surface area contributed by atoms with Crippen LogP contribution in [0.15, 0.2) is 0 Å². The van der Waals surface area contributed by atoms with Crippen molar-refractivity contribution in [2.75, 3.05) is 99.1 Å². The molecule has 0 bridgehead atoms. The zero-order valence-corrected chi connectivity index (χ0v) is 23.7. The molecule has 37 heavy (non-hydrogen) atoms. The zero-order valence-electron chi connectivity index (χ0n) is 23.7. The van der Waals surface area contributed by atoms with E-state index in [2.05, 4.69) is 6.92 Å². The highest BCUT2D eigenvalue weighted by atomic mass is 16.6. The van der Waals surface area contributed by atoms with Gasteiger partial charge in [0.25, 0.3) is 0 Å². The lowest BCUT2D eigenvalue weighted by atomic mass is 10.0. The molecule has 2 N–H and O–H groups in total. The molecule has 0 heterocycles. The Labute approximate surface area is 226 Å². The standard InChI is InChI=1S/C28H58O9/c1-2-3-4-5-6-7-8-9-10-11-12-28(30)27-37-26-25-36-24-23-35-22-21-34-20-19-33-18-17-32-16-15-31-14-13-29/h28-30H,2-27H2,1H3. The second-order valence-corrected chi connectivity index (χ2v) is 9.10. The van der Waals surface area contributed by atoms with Crippen molar-refractivity contribution in [3.05, 3.63) is 0 Å². The number of ether oxygens (including phenoxy) is 7. The minimum Gasteiger partial charge on any atom is -0.394 e. The van der Waals surface area contributed by atoms with Gasteiger partial charge in [-0.1, -0.05) is 71.1 Å². The molecule has 0 spiro atoms. The Bertz CT molecular complexity index is 402. The second kappa shape index (κ2) is 33.7. The Morgan fingerprint density at radius 2 is 0.757 bits per heavy atom. The van der Waals surface area contributed by atoms with Gasteiger partial charge in [0.2, 0.25) is 0 Å². The monoisotopic (exact) mass is 538 g/mol. The van der Waals surface area contributed by atoms with Crippen LogP contribution in [0.4, 0.5) is 0 Å². The molecule has 0 aromatic rings. The van der Waals surface area contributed by atoms with E-state index in [1.165, 1.54) is 57.8 Å². The van der Waals surface area contributed by atoms with Gasteiger partial charge in [0, 0.05) is 0 Å². The van der Waals surface area contributed by atoms with Gasteiger partial charge in [-0.25, -0.2) is 0 Å². The first-order valence-electron chi connectivity index (χ1n) is 14.6. The fourth-order valence-electron chi connectivity index (χ4n) is 3.55. The molecule has 9 nitrogen and oxygen atoms in total. The van der Waals surface area contributed by atoms with E-state index >= 15 is 0 Å². The fourth-order valence-corrected chi connectivity index (χ4v) is 3.55. The summed E-state index contributed by atoms with van der Waals surface area (Å²) >= 11 is 0. The topological polar surface area (TPSA) is 105 Å². The molecular weight excluding hydrogens is 480 g/mol. The molecule has 1 unspecified atom stereocenters. The summed E-state index contributed by atoms with van der Waals surface area (Å²) in [5.41, 5.74) is 0. The summed E-state index contributed by atoms with van der Waals surface area (Å²) in [6.07, 6.45) is 13.5. The lowest BCUT2D eigenvalue weighted by Gasteiger charge is -2.11. The maximum Gasteiger partial charge on any atom is 0.0773 e. The number of unbranched alkanes of at least 4 members (excludes halogenated alkanes) is 9. The van der Waals surface area contributed by atoms with Gasteiger partial charge in [-0.2, -0.15) is 0 Å². The third kappa shape index (κ3) is 33.6. The lowest BCUT2D eigenvalue weighted by Crippen LogP contribution is -2.18. The largest absolute Gasteiger partial charge is 0.394 e. The van der Waals surface area contributed by atoms with E-state index in [0.717, 1.165) is 12.8 Å². The van der Waals surface area contributed by atoms with Gasteiger partial charge in [0.1, 0.15) is 0 Å². The van der Waals surface area contributed by atoms with Crippen LogP contribution in [-0.2, 0) is 33.2 Å². The maximum absolute atomic E-state index is 10.0. The van der Waals surface area contributed by atoms with Crippen LogP contribution in [0.5, 0.6) is 0 Å². The van der Waals surface area contributed by atoms with Gasteiger partial charge in [-0.05, 0) is 6.42 Å². The van der Waals surface area contributed by atoms with Crippen LogP contribution in [0.2, 0.25) is 0 Å². The van der Waals surface area contributed by atoms with E-state index in [-0.39, 0.29) is 12.7 Å². The fraction of sp³-hybridized carbons (Fsp3) is 1.00. The summed E-state index contributed by atoms with van der Waals surface area (Å²) in [5.74, 6) is 0. The van der Waals surface area contributed by atoms with Gasteiger partial charge in [0.15, 0.2) is 0 Å². The predicted octanol–water partition coefficient (Wildman–Crippen LogP) is 3.77. The van der Waals surface area contributed by atoms with Gasteiger partial charge in [-0.15, -0.1) is 0 Å². The molecule has 0 aromatic carbocycles. The number of aliphatic hydroxyl groups is 2. The molecule has 0 aliphatic heterocycles. The highest BCUT2D eigenvalue weighted by Gasteiger charge is 2.04. The molecule has 0 saturated carbocycles. The molecule has 0 aliphatic rings. The molecule has 0 aliphatic carbocycles. The Morgan fingerprint density at radius 3 is 1.14 bits per heavy atom. The summed E-state index contributed by atoms with van der Waals surface area (Å²) in [4.78, 5) is 0. The Morgan fingerprint density at radius 1 is 0.432 bits per heavy atom. The lowest BCUT2D eigenvalue weighted by molar-refractivity contribution is -0.0266. The molecule has 0 amide bonds.